The number of rotatable bonds is 3. The van der Waals surface area contributed by atoms with Crippen molar-refractivity contribution in [1.82, 2.24) is 9.80 Å². The lowest BCUT2D eigenvalue weighted by Gasteiger charge is -2.26. The summed E-state index contributed by atoms with van der Waals surface area (Å²) in [4.78, 5) is 28.1. The van der Waals surface area contributed by atoms with Crippen molar-refractivity contribution >= 4 is 11.8 Å². The number of nitrogens with zero attached hydrogens (tertiary/aromatic N) is 2. The zero-order valence-corrected chi connectivity index (χ0v) is 13.0. The van der Waals surface area contributed by atoms with Gasteiger partial charge in [-0.15, -0.1) is 0 Å². The number of carbonyl (C=O) groups excluding carboxylic acids is 2. The number of likely N-dealkylation sites (tertiary alicyclic amines) is 1. The van der Waals surface area contributed by atoms with Gasteiger partial charge in [-0.2, -0.15) is 0 Å². The van der Waals surface area contributed by atoms with Crippen LogP contribution in [-0.4, -0.2) is 55.4 Å². The first-order valence-corrected chi connectivity index (χ1v) is 7.12. The molecule has 1 aromatic carbocycles. The molecule has 21 heavy (non-hydrogen) atoms. The molecule has 0 spiro atoms. The third-order valence-corrected chi connectivity index (χ3v) is 3.89. The summed E-state index contributed by atoms with van der Waals surface area (Å²) in [6.07, 6.45) is 1.59. The third kappa shape index (κ3) is 3.01. The normalized spacial score (nSPS) is 17.7. The van der Waals surface area contributed by atoms with E-state index >= 15 is 0 Å². The molecule has 5 nitrogen and oxygen atoms in total. The minimum atomic E-state index is -0.347. The van der Waals surface area contributed by atoms with Crippen molar-refractivity contribution < 1.29 is 14.3 Å². The first kappa shape index (κ1) is 15.4. The van der Waals surface area contributed by atoms with Crippen LogP contribution in [0.15, 0.2) is 18.2 Å². The van der Waals surface area contributed by atoms with Crippen molar-refractivity contribution in [3.8, 4) is 5.75 Å². The number of likely N-dealkylation sites (N-methyl/N-ethyl adjacent to an activating group) is 1. The Labute approximate surface area is 125 Å². The maximum atomic E-state index is 12.7. The highest BCUT2D eigenvalue weighted by molar-refractivity contribution is 5.98. The van der Waals surface area contributed by atoms with Crippen molar-refractivity contribution in [2.45, 2.75) is 25.8 Å². The Kier molecular flexibility index (Phi) is 4.50. The molecule has 1 saturated heterocycles. The molecule has 0 aliphatic carbocycles. The van der Waals surface area contributed by atoms with Gasteiger partial charge in [0.25, 0.3) is 5.91 Å². The number of hydrogen-bond donors (Lipinski definition) is 0. The van der Waals surface area contributed by atoms with Gasteiger partial charge in [-0.1, -0.05) is 6.07 Å². The lowest BCUT2D eigenvalue weighted by Crippen LogP contribution is -2.45. The SMILES string of the molecule is COc1cc(C(=O)N2CCCC2C(=O)N(C)C)ccc1C. The second-order valence-electron chi connectivity index (χ2n) is 5.57. The van der Waals surface area contributed by atoms with Gasteiger partial charge in [0.15, 0.2) is 0 Å². The van der Waals surface area contributed by atoms with Crippen LogP contribution < -0.4 is 4.74 Å². The van der Waals surface area contributed by atoms with E-state index in [1.165, 1.54) is 0 Å². The Morgan fingerprint density at radius 1 is 1.33 bits per heavy atom. The Morgan fingerprint density at radius 3 is 2.67 bits per heavy atom. The Hall–Kier alpha value is -2.04. The fourth-order valence-electron chi connectivity index (χ4n) is 2.68. The highest BCUT2D eigenvalue weighted by Gasteiger charge is 2.35. The highest BCUT2D eigenvalue weighted by Crippen LogP contribution is 2.24. The van der Waals surface area contributed by atoms with E-state index in [2.05, 4.69) is 0 Å². The van der Waals surface area contributed by atoms with Gasteiger partial charge in [-0.25, -0.2) is 0 Å². The lowest BCUT2D eigenvalue weighted by molar-refractivity contribution is -0.132. The van der Waals surface area contributed by atoms with Crippen molar-refractivity contribution in [3.05, 3.63) is 29.3 Å². The molecule has 114 valence electrons. The van der Waals surface area contributed by atoms with Crippen molar-refractivity contribution in [2.75, 3.05) is 27.7 Å². The number of ether oxygens (including phenoxy) is 1. The topological polar surface area (TPSA) is 49.9 Å². The van der Waals surface area contributed by atoms with Crippen molar-refractivity contribution in [2.24, 2.45) is 0 Å². The molecule has 2 amide bonds. The van der Waals surface area contributed by atoms with Crippen molar-refractivity contribution in [3.63, 3.8) is 0 Å². The molecule has 1 aliphatic rings. The molecular weight excluding hydrogens is 268 g/mol. The molecule has 0 radical (unpaired) electrons. The first-order chi connectivity index (χ1) is 9.95. The number of benzene rings is 1. The molecular formula is C16H22N2O3. The van der Waals surface area contributed by atoms with Gasteiger partial charge in [0.2, 0.25) is 5.91 Å². The molecule has 0 N–H and O–H groups in total. The van der Waals surface area contributed by atoms with E-state index in [9.17, 15) is 9.59 Å². The summed E-state index contributed by atoms with van der Waals surface area (Å²) in [6, 6.07) is 5.05. The monoisotopic (exact) mass is 290 g/mol. The lowest BCUT2D eigenvalue weighted by atomic mass is 10.1. The predicted molar refractivity (Wildman–Crippen MR) is 80.5 cm³/mol. The van der Waals surface area contributed by atoms with E-state index in [-0.39, 0.29) is 17.9 Å². The molecule has 5 heteroatoms. The van der Waals surface area contributed by atoms with E-state index in [0.717, 1.165) is 18.4 Å². The minimum absolute atomic E-state index is 0.0140. The summed E-state index contributed by atoms with van der Waals surface area (Å²) in [5.74, 6) is 0.571. The van der Waals surface area contributed by atoms with Gasteiger partial charge in [0.05, 0.1) is 7.11 Å². The van der Waals surface area contributed by atoms with E-state index < -0.39 is 0 Å². The fourth-order valence-corrected chi connectivity index (χ4v) is 2.68. The molecule has 0 aromatic heterocycles. The van der Waals surface area contributed by atoms with Gasteiger partial charge < -0.3 is 14.5 Å². The second kappa shape index (κ2) is 6.16. The van der Waals surface area contributed by atoms with E-state index in [1.54, 1.807) is 43.1 Å². The largest absolute Gasteiger partial charge is 0.496 e. The van der Waals surface area contributed by atoms with Crippen LogP contribution in [0.25, 0.3) is 0 Å². The number of carbonyl (C=O) groups is 2. The van der Waals surface area contributed by atoms with Crippen LogP contribution in [0.4, 0.5) is 0 Å². The van der Waals surface area contributed by atoms with Gasteiger partial charge in [-0.05, 0) is 37.5 Å². The van der Waals surface area contributed by atoms with Crippen molar-refractivity contribution in [1.29, 1.82) is 0 Å². The van der Waals surface area contributed by atoms with Gasteiger partial charge in [0, 0.05) is 26.2 Å². The second-order valence-corrected chi connectivity index (χ2v) is 5.57. The zero-order valence-electron chi connectivity index (χ0n) is 13.0. The molecule has 1 aromatic rings. The fraction of sp³-hybridized carbons (Fsp3) is 0.500. The maximum Gasteiger partial charge on any atom is 0.254 e. The van der Waals surface area contributed by atoms with E-state index in [4.69, 9.17) is 4.74 Å². The molecule has 1 unspecified atom stereocenters. The summed E-state index contributed by atoms with van der Waals surface area (Å²) >= 11 is 0. The van der Waals surface area contributed by atoms with Crippen LogP contribution in [0.5, 0.6) is 5.75 Å². The maximum absolute atomic E-state index is 12.7. The standard InChI is InChI=1S/C16H22N2O3/c1-11-7-8-12(10-14(11)21-4)15(19)18-9-5-6-13(18)16(20)17(2)3/h7-8,10,13H,5-6,9H2,1-4H3. The smallest absolute Gasteiger partial charge is 0.254 e. The molecule has 2 rings (SSSR count). The minimum Gasteiger partial charge on any atom is -0.496 e. The summed E-state index contributed by atoms with van der Waals surface area (Å²) in [5.41, 5.74) is 1.55. The number of methoxy groups -OCH3 is 1. The Bertz CT molecular complexity index is 554. The average molecular weight is 290 g/mol. The summed E-state index contributed by atoms with van der Waals surface area (Å²) < 4.78 is 5.27. The first-order valence-electron chi connectivity index (χ1n) is 7.12. The number of amides is 2. The van der Waals surface area contributed by atoms with Crippen LogP contribution in [0.3, 0.4) is 0 Å². The van der Waals surface area contributed by atoms with Crippen LogP contribution in [0, 0.1) is 6.92 Å². The summed E-state index contributed by atoms with van der Waals surface area (Å²) in [5, 5.41) is 0. The quantitative estimate of drug-likeness (QED) is 0.851. The molecule has 0 saturated carbocycles. The van der Waals surface area contributed by atoms with Gasteiger partial charge in [-0.3, -0.25) is 9.59 Å². The van der Waals surface area contributed by atoms with E-state index in [1.807, 2.05) is 13.0 Å². The average Bonchev–Trinajstić information content (AvgIpc) is 2.95. The van der Waals surface area contributed by atoms with Gasteiger partial charge in [0.1, 0.15) is 11.8 Å². The Morgan fingerprint density at radius 2 is 2.05 bits per heavy atom. The van der Waals surface area contributed by atoms with Crippen LogP contribution in [0.1, 0.15) is 28.8 Å². The summed E-state index contributed by atoms with van der Waals surface area (Å²) in [6.45, 7) is 2.56. The number of hydrogen-bond acceptors (Lipinski definition) is 3. The van der Waals surface area contributed by atoms with E-state index in [0.29, 0.717) is 17.9 Å². The van der Waals surface area contributed by atoms with Crippen LogP contribution in [-0.2, 0) is 4.79 Å². The predicted octanol–water partition coefficient (Wildman–Crippen LogP) is 1.70. The van der Waals surface area contributed by atoms with Crippen LogP contribution >= 0.6 is 0 Å². The summed E-state index contributed by atoms with van der Waals surface area (Å²) in [7, 11) is 5.03. The molecule has 1 fully saturated rings. The number of aryl methyl sites for hydroxylation is 1. The molecule has 1 aliphatic heterocycles. The zero-order chi connectivity index (χ0) is 15.6. The highest BCUT2D eigenvalue weighted by atomic mass is 16.5. The van der Waals surface area contributed by atoms with Crippen LogP contribution in [0.2, 0.25) is 0 Å². The Balaban J connectivity index is 2.24. The third-order valence-electron chi connectivity index (χ3n) is 3.89. The molecule has 0 bridgehead atoms. The van der Waals surface area contributed by atoms with Gasteiger partial charge >= 0.3 is 0 Å². The molecule has 1 heterocycles. The molecule has 1 atom stereocenters.